The highest BCUT2D eigenvalue weighted by molar-refractivity contribution is 5.85. The van der Waals surface area contributed by atoms with Gasteiger partial charge in [0, 0.05) is 45.7 Å². The number of hydrogen-bond donors (Lipinski definition) is 1. The molecule has 2 fully saturated rings. The molecule has 5 heteroatoms. The first kappa shape index (κ1) is 16.7. The van der Waals surface area contributed by atoms with Crippen LogP contribution in [0.1, 0.15) is 32.6 Å². The van der Waals surface area contributed by atoms with Gasteiger partial charge in [0.05, 0.1) is 0 Å². The Labute approximate surface area is 123 Å². The first-order valence-electron chi connectivity index (χ1n) is 7.50. The summed E-state index contributed by atoms with van der Waals surface area (Å²) >= 11 is 0. The van der Waals surface area contributed by atoms with Gasteiger partial charge in [0.25, 0.3) is 0 Å². The van der Waals surface area contributed by atoms with Crippen LogP contribution in [0.3, 0.4) is 0 Å². The third-order valence-electron chi connectivity index (χ3n) is 3.86. The van der Waals surface area contributed by atoms with Crippen molar-refractivity contribution in [2.24, 2.45) is 5.92 Å². The van der Waals surface area contributed by atoms with Crippen LogP contribution in [-0.2, 0) is 4.79 Å². The molecule has 4 nitrogen and oxygen atoms in total. The maximum atomic E-state index is 12.1. The average Bonchev–Trinajstić information content (AvgIpc) is 3.21. The Morgan fingerprint density at radius 3 is 2.53 bits per heavy atom. The molecule has 1 saturated heterocycles. The van der Waals surface area contributed by atoms with Crippen molar-refractivity contribution in [1.82, 2.24) is 15.1 Å². The van der Waals surface area contributed by atoms with Crippen LogP contribution in [0.5, 0.6) is 0 Å². The van der Waals surface area contributed by atoms with Crippen molar-refractivity contribution in [2.75, 3.05) is 45.8 Å². The molecule has 0 aromatic rings. The number of carbonyl (C=O) groups excluding carboxylic acids is 1. The lowest BCUT2D eigenvalue weighted by atomic mass is 10.2. The number of nitrogens with zero attached hydrogens (tertiary/aromatic N) is 2. The minimum absolute atomic E-state index is 0. The van der Waals surface area contributed by atoms with Gasteiger partial charge >= 0.3 is 0 Å². The highest BCUT2D eigenvalue weighted by atomic mass is 35.5. The Morgan fingerprint density at radius 2 is 1.95 bits per heavy atom. The number of carbonyl (C=O) groups is 1. The second-order valence-electron chi connectivity index (χ2n) is 5.62. The maximum absolute atomic E-state index is 12.1. The zero-order valence-corrected chi connectivity index (χ0v) is 12.9. The van der Waals surface area contributed by atoms with Gasteiger partial charge in [-0.05, 0) is 31.7 Å². The van der Waals surface area contributed by atoms with E-state index in [4.69, 9.17) is 0 Å². The second-order valence-corrected chi connectivity index (χ2v) is 5.62. The van der Waals surface area contributed by atoms with Crippen molar-refractivity contribution in [3.8, 4) is 0 Å². The molecule has 1 N–H and O–H groups in total. The molecule has 0 aromatic heterocycles. The van der Waals surface area contributed by atoms with Crippen LogP contribution in [0.15, 0.2) is 0 Å². The van der Waals surface area contributed by atoms with Crippen molar-refractivity contribution in [3.63, 3.8) is 0 Å². The van der Waals surface area contributed by atoms with E-state index in [1.54, 1.807) is 0 Å². The summed E-state index contributed by atoms with van der Waals surface area (Å²) in [6.07, 6.45) is 4.68. The molecule has 0 bridgehead atoms. The van der Waals surface area contributed by atoms with E-state index in [0.29, 0.717) is 12.3 Å². The Hall–Kier alpha value is -0.320. The molecule has 2 rings (SSSR count). The minimum atomic E-state index is 0. The monoisotopic (exact) mass is 289 g/mol. The van der Waals surface area contributed by atoms with Crippen LogP contribution in [0.4, 0.5) is 0 Å². The standard InChI is InChI=1S/C14H27N3O.ClH/c1-2-8-16(12-13-3-4-13)9-5-14(18)17-10-6-15-7-11-17;/h13,15H,2-12H2,1H3;1H. The molecule has 0 spiro atoms. The zero-order valence-electron chi connectivity index (χ0n) is 12.1. The van der Waals surface area contributed by atoms with Crippen LogP contribution in [0.25, 0.3) is 0 Å². The predicted molar refractivity (Wildman–Crippen MR) is 80.8 cm³/mol. The molecule has 0 unspecified atom stereocenters. The highest BCUT2D eigenvalue weighted by Gasteiger charge is 2.24. The molecule has 1 aliphatic heterocycles. The SMILES string of the molecule is CCCN(CCC(=O)N1CCNCC1)CC1CC1.Cl. The summed E-state index contributed by atoms with van der Waals surface area (Å²) in [5.74, 6) is 1.26. The average molecular weight is 290 g/mol. The molecule has 1 aliphatic carbocycles. The summed E-state index contributed by atoms with van der Waals surface area (Å²) in [4.78, 5) is 16.6. The third kappa shape index (κ3) is 6.11. The topological polar surface area (TPSA) is 35.6 Å². The van der Waals surface area contributed by atoms with E-state index in [1.165, 1.54) is 25.8 Å². The third-order valence-corrected chi connectivity index (χ3v) is 3.86. The van der Waals surface area contributed by atoms with Gasteiger partial charge in [0.1, 0.15) is 0 Å². The van der Waals surface area contributed by atoms with Gasteiger partial charge in [-0.1, -0.05) is 6.92 Å². The van der Waals surface area contributed by atoms with Crippen molar-refractivity contribution < 1.29 is 4.79 Å². The molecule has 0 radical (unpaired) electrons. The number of amides is 1. The van der Waals surface area contributed by atoms with E-state index in [-0.39, 0.29) is 12.4 Å². The number of rotatable bonds is 7. The lowest BCUT2D eigenvalue weighted by Gasteiger charge is -2.29. The lowest BCUT2D eigenvalue weighted by Crippen LogP contribution is -2.47. The number of halogens is 1. The highest BCUT2D eigenvalue weighted by Crippen LogP contribution is 2.29. The van der Waals surface area contributed by atoms with E-state index < -0.39 is 0 Å². The molecular formula is C14H28ClN3O. The van der Waals surface area contributed by atoms with E-state index in [1.807, 2.05) is 4.90 Å². The quantitative estimate of drug-likeness (QED) is 0.769. The predicted octanol–water partition coefficient (Wildman–Crippen LogP) is 1.35. The van der Waals surface area contributed by atoms with E-state index in [2.05, 4.69) is 17.1 Å². The van der Waals surface area contributed by atoms with Crippen molar-refractivity contribution in [1.29, 1.82) is 0 Å². The summed E-state index contributed by atoms with van der Waals surface area (Å²) in [5.41, 5.74) is 0. The van der Waals surface area contributed by atoms with Crippen molar-refractivity contribution in [2.45, 2.75) is 32.6 Å². The van der Waals surface area contributed by atoms with Gasteiger partial charge in [-0.3, -0.25) is 4.79 Å². The van der Waals surface area contributed by atoms with Gasteiger partial charge < -0.3 is 15.1 Å². The summed E-state index contributed by atoms with van der Waals surface area (Å²) in [5, 5.41) is 3.28. The largest absolute Gasteiger partial charge is 0.340 e. The Kier molecular flexibility index (Phi) is 7.73. The van der Waals surface area contributed by atoms with Gasteiger partial charge in [0.2, 0.25) is 5.91 Å². The van der Waals surface area contributed by atoms with Gasteiger partial charge in [0.15, 0.2) is 0 Å². The van der Waals surface area contributed by atoms with Gasteiger partial charge in [-0.2, -0.15) is 0 Å². The normalized spacial score (nSPS) is 19.4. The van der Waals surface area contributed by atoms with E-state index >= 15 is 0 Å². The van der Waals surface area contributed by atoms with Crippen LogP contribution in [-0.4, -0.2) is 61.5 Å². The fourth-order valence-electron chi connectivity index (χ4n) is 2.60. The summed E-state index contributed by atoms with van der Waals surface area (Å²) in [7, 11) is 0. The summed E-state index contributed by atoms with van der Waals surface area (Å²) in [6.45, 7) is 9.20. The molecule has 1 heterocycles. The number of piperazine rings is 1. The van der Waals surface area contributed by atoms with E-state index in [9.17, 15) is 4.79 Å². The lowest BCUT2D eigenvalue weighted by molar-refractivity contribution is -0.132. The van der Waals surface area contributed by atoms with Crippen LogP contribution >= 0.6 is 12.4 Å². The summed E-state index contributed by atoms with van der Waals surface area (Å²) < 4.78 is 0. The Morgan fingerprint density at radius 1 is 1.26 bits per heavy atom. The number of hydrogen-bond acceptors (Lipinski definition) is 3. The molecule has 1 saturated carbocycles. The molecule has 2 aliphatic rings. The van der Waals surface area contributed by atoms with E-state index in [0.717, 1.165) is 45.2 Å². The van der Waals surface area contributed by atoms with Gasteiger partial charge in [-0.15, -0.1) is 12.4 Å². The smallest absolute Gasteiger partial charge is 0.223 e. The first-order chi connectivity index (χ1) is 8.79. The summed E-state index contributed by atoms with van der Waals surface area (Å²) in [6, 6.07) is 0. The fraction of sp³-hybridized carbons (Fsp3) is 0.929. The fourth-order valence-corrected chi connectivity index (χ4v) is 2.60. The molecule has 1 amide bonds. The van der Waals surface area contributed by atoms with Crippen LogP contribution in [0, 0.1) is 5.92 Å². The van der Waals surface area contributed by atoms with Crippen molar-refractivity contribution >= 4 is 18.3 Å². The number of nitrogens with one attached hydrogen (secondary N) is 1. The minimum Gasteiger partial charge on any atom is -0.340 e. The second kappa shape index (κ2) is 8.77. The molecule has 0 atom stereocenters. The van der Waals surface area contributed by atoms with Gasteiger partial charge in [-0.25, -0.2) is 0 Å². The van der Waals surface area contributed by atoms with Crippen LogP contribution < -0.4 is 5.32 Å². The van der Waals surface area contributed by atoms with Crippen LogP contribution in [0.2, 0.25) is 0 Å². The Bertz CT molecular complexity index is 265. The maximum Gasteiger partial charge on any atom is 0.223 e. The van der Waals surface area contributed by atoms with Crippen molar-refractivity contribution in [3.05, 3.63) is 0 Å². The zero-order chi connectivity index (χ0) is 12.8. The Balaban J connectivity index is 0.00000180. The molecule has 112 valence electrons. The molecule has 0 aromatic carbocycles. The first-order valence-corrected chi connectivity index (χ1v) is 7.50. The molecule has 19 heavy (non-hydrogen) atoms. The molecular weight excluding hydrogens is 262 g/mol.